The molecule has 1 aliphatic rings. The third-order valence-corrected chi connectivity index (χ3v) is 2.52. The van der Waals surface area contributed by atoms with Crippen molar-refractivity contribution in [1.82, 2.24) is 0 Å². The molecule has 1 aromatic carbocycles. The lowest BCUT2D eigenvalue weighted by atomic mass is 10.2. The van der Waals surface area contributed by atoms with E-state index < -0.39 is 0 Å². The van der Waals surface area contributed by atoms with E-state index in [9.17, 15) is 0 Å². The van der Waals surface area contributed by atoms with E-state index in [4.69, 9.17) is 9.47 Å². The van der Waals surface area contributed by atoms with Crippen molar-refractivity contribution in [3.05, 3.63) is 29.8 Å². The summed E-state index contributed by atoms with van der Waals surface area (Å²) < 4.78 is 11.1. The molecule has 0 aliphatic carbocycles. The lowest BCUT2D eigenvalue weighted by Gasteiger charge is -2.14. The molecule has 82 valence electrons. The molecule has 0 spiro atoms. The molecule has 2 atom stereocenters. The summed E-state index contributed by atoms with van der Waals surface area (Å²) in [4.78, 5) is 2.07. The van der Waals surface area contributed by atoms with E-state index >= 15 is 0 Å². The first-order valence-electron chi connectivity index (χ1n) is 5.21. The highest BCUT2D eigenvalue weighted by Gasteiger charge is 2.23. The van der Waals surface area contributed by atoms with Gasteiger partial charge in [0.25, 0.3) is 0 Å². The van der Waals surface area contributed by atoms with Crippen LogP contribution < -0.4 is 4.90 Å². The molecule has 1 fully saturated rings. The minimum atomic E-state index is -0.184. The molecule has 0 saturated carbocycles. The van der Waals surface area contributed by atoms with Crippen LogP contribution in [0.1, 0.15) is 18.8 Å². The van der Waals surface area contributed by atoms with Crippen LogP contribution in [-0.2, 0) is 9.47 Å². The Morgan fingerprint density at radius 2 is 1.87 bits per heavy atom. The average Bonchev–Trinajstić information content (AvgIpc) is 2.65. The maximum Gasteiger partial charge on any atom is 0.184 e. The average molecular weight is 207 g/mol. The molecule has 1 aromatic rings. The normalized spacial score (nSPS) is 25.5. The van der Waals surface area contributed by atoms with E-state index in [1.165, 1.54) is 5.69 Å². The minimum absolute atomic E-state index is 0.184. The summed E-state index contributed by atoms with van der Waals surface area (Å²) >= 11 is 0. The van der Waals surface area contributed by atoms with Crippen LogP contribution in [0, 0.1) is 0 Å². The van der Waals surface area contributed by atoms with Crippen LogP contribution in [-0.4, -0.2) is 26.8 Å². The van der Waals surface area contributed by atoms with E-state index in [1.54, 1.807) is 0 Å². The largest absolute Gasteiger partial charge is 0.378 e. The Labute approximate surface area is 90.6 Å². The standard InChI is InChI=1S/C12H17NO2/c1-9-8-14-12(15-9)10-4-6-11(7-5-10)13(2)3/h4-7,9,12H,8H2,1-3H3/t9-,12-/m1/s1. The van der Waals surface area contributed by atoms with Crippen molar-refractivity contribution >= 4 is 5.69 Å². The van der Waals surface area contributed by atoms with E-state index in [-0.39, 0.29) is 12.4 Å². The van der Waals surface area contributed by atoms with Crippen molar-refractivity contribution in [3.8, 4) is 0 Å². The van der Waals surface area contributed by atoms with Gasteiger partial charge in [0.15, 0.2) is 6.29 Å². The third-order valence-electron chi connectivity index (χ3n) is 2.52. The Morgan fingerprint density at radius 3 is 2.33 bits per heavy atom. The van der Waals surface area contributed by atoms with E-state index in [0.717, 1.165) is 5.56 Å². The second kappa shape index (κ2) is 4.21. The summed E-state index contributed by atoms with van der Waals surface area (Å²) in [6.07, 6.45) is 0.0136. The van der Waals surface area contributed by atoms with Gasteiger partial charge < -0.3 is 14.4 Å². The van der Waals surface area contributed by atoms with Crippen molar-refractivity contribution in [1.29, 1.82) is 0 Å². The molecule has 0 bridgehead atoms. The summed E-state index contributed by atoms with van der Waals surface area (Å²) in [7, 11) is 4.05. The Balaban J connectivity index is 2.10. The van der Waals surface area contributed by atoms with Crippen LogP contribution in [0.15, 0.2) is 24.3 Å². The monoisotopic (exact) mass is 207 g/mol. The number of ether oxygens (including phenoxy) is 2. The molecule has 3 heteroatoms. The van der Waals surface area contributed by atoms with Gasteiger partial charge in [-0.3, -0.25) is 0 Å². The highest BCUT2D eigenvalue weighted by molar-refractivity contribution is 5.46. The van der Waals surface area contributed by atoms with Crippen molar-refractivity contribution in [3.63, 3.8) is 0 Å². The Hall–Kier alpha value is -1.06. The molecule has 3 nitrogen and oxygen atoms in total. The second-order valence-electron chi connectivity index (χ2n) is 4.10. The molecule has 15 heavy (non-hydrogen) atoms. The zero-order valence-corrected chi connectivity index (χ0v) is 9.43. The van der Waals surface area contributed by atoms with Crippen molar-refractivity contribution in [2.45, 2.75) is 19.3 Å². The number of anilines is 1. The fourth-order valence-corrected chi connectivity index (χ4v) is 1.62. The van der Waals surface area contributed by atoms with Crippen LogP contribution >= 0.6 is 0 Å². The molecular formula is C12H17NO2. The Kier molecular flexibility index (Phi) is 2.93. The molecular weight excluding hydrogens is 190 g/mol. The van der Waals surface area contributed by atoms with E-state index in [0.29, 0.717) is 6.61 Å². The van der Waals surface area contributed by atoms with Gasteiger partial charge in [-0.2, -0.15) is 0 Å². The highest BCUT2D eigenvalue weighted by Crippen LogP contribution is 2.27. The van der Waals surface area contributed by atoms with Gasteiger partial charge in [-0.15, -0.1) is 0 Å². The van der Waals surface area contributed by atoms with Crippen molar-refractivity contribution in [2.75, 3.05) is 25.6 Å². The van der Waals surface area contributed by atoms with Gasteiger partial charge in [0.2, 0.25) is 0 Å². The van der Waals surface area contributed by atoms with Gasteiger partial charge >= 0.3 is 0 Å². The van der Waals surface area contributed by atoms with Crippen LogP contribution in [0.4, 0.5) is 5.69 Å². The van der Waals surface area contributed by atoms with Gasteiger partial charge in [0.05, 0.1) is 12.7 Å². The van der Waals surface area contributed by atoms with Crippen LogP contribution in [0.5, 0.6) is 0 Å². The van der Waals surface area contributed by atoms with Crippen molar-refractivity contribution < 1.29 is 9.47 Å². The first-order valence-corrected chi connectivity index (χ1v) is 5.21. The van der Waals surface area contributed by atoms with Gasteiger partial charge in [0, 0.05) is 25.3 Å². The van der Waals surface area contributed by atoms with E-state index in [1.807, 2.05) is 21.0 Å². The fourth-order valence-electron chi connectivity index (χ4n) is 1.62. The number of nitrogens with zero attached hydrogens (tertiary/aromatic N) is 1. The summed E-state index contributed by atoms with van der Waals surface area (Å²) in [5.41, 5.74) is 2.27. The molecule has 0 amide bonds. The SMILES string of the molecule is C[C@@H]1CO[C@@H](c2ccc(N(C)C)cc2)O1. The maximum atomic E-state index is 5.61. The van der Waals surface area contributed by atoms with Gasteiger partial charge in [0.1, 0.15) is 0 Å². The van der Waals surface area contributed by atoms with Crippen molar-refractivity contribution in [2.24, 2.45) is 0 Å². The lowest BCUT2D eigenvalue weighted by Crippen LogP contribution is -2.08. The zero-order chi connectivity index (χ0) is 10.8. The van der Waals surface area contributed by atoms with Crippen LogP contribution in [0.3, 0.4) is 0 Å². The number of hydrogen-bond acceptors (Lipinski definition) is 3. The maximum absolute atomic E-state index is 5.61. The summed E-state index contributed by atoms with van der Waals surface area (Å²) in [6.45, 7) is 2.70. The molecule has 0 unspecified atom stereocenters. The molecule has 0 radical (unpaired) electrons. The van der Waals surface area contributed by atoms with Gasteiger partial charge in [-0.05, 0) is 19.1 Å². The minimum Gasteiger partial charge on any atom is -0.378 e. The molecule has 0 aromatic heterocycles. The first kappa shape index (κ1) is 10.5. The predicted octanol–water partition coefficient (Wildman–Crippen LogP) is 2.19. The van der Waals surface area contributed by atoms with Gasteiger partial charge in [-0.25, -0.2) is 0 Å². The molecule has 1 heterocycles. The Bertz CT molecular complexity index is 321. The summed E-state index contributed by atoms with van der Waals surface area (Å²) in [6, 6.07) is 8.26. The molecule has 2 rings (SSSR count). The summed E-state index contributed by atoms with van der Waals surface area (Å²) in [5, 5.41) is 0. The molecule has 1 saturated heterocycles. The molecule has 1 aliphatic heterocycles. The van der Waals surface area contributed by atoms with E-state index in [2.05, 4.69) is 29.2 Å². The quantitative estimate of drug-likeness (QED) is 0.742. The third kappa shape index (κ3) is 2.30. The van der Waals surface area contributed by atoms with Crippen LogP contribution in [0.25, 0.3) is 0 Å². The second-order valence-corrected chi connectivity index (χ2v) is 4.10. The topological polar surface area (TPSA) is 21.7 Å². The highest BCUT2D eigenvalue weighted by atomic mass is 16.7. The number of hydrogen-bond donors (Lipinski definition) is 0. The van der Waals surface area contributed by atoms with Gasteiger partial charge in [-0.1, -0.05) is 12.1 Å². The fraction of sp³-hybridized carbons (Fsp3) is 0.500. The number of benzene rings is 1. The number of rotatable bonds is 2. The molecule has 0 N–H and O–H groups in total. The lowest BCUT2D eigenvalue weighted by molar-refractivity contribution is -0.0571. The zero-order valence-electron chi connectivity index (χ0n) is 9.43. The predicted molar refractivity (Wildman–Crippen MR) is 60.0 cm³/mol. The summed E-state index contributed by atoms with van der Waals surface area (Å²) in [5.74, 6) is 0. The first-order chi connectivity index (χ1) is 7.16. The Morgan fingerprint density at radius 1 is 1.20 bits per heavy atom. The van der Waals surface area contributed by atoms with Crippen LogP contribution in [0.2, 0.25) is 0 Å². The smallest absolute Gasteiger partial charge is 0.184 e.